The van der Waals surface area contributed by atoms with Gasteiger partial charge in [-0.15, -0.1) is 0 Å². The zero-order valence-electron chi connectivity index (χ0n) is 9.76. The fraction of sp³-hybridized carbons (Fsp3) is 0.750. The van der Waals surface area contributed by atoms with E-state index in [-0.39, 0.29) is 6.61 Å². The van der Waals surface area contributed by atoms with Crippen molar-refractivity contribution in [1.29, 1.82) is 0 Å². The molecule has 0 saturated heterocycles. The van der Waals surface area contributed by atoms with Gasteiger partial charge >= 0.3 is 0 Å². The highest BCUT2D eigenvalue weighted by atomic mass is 16.3. The molecular formula is C12H21N3O. The molecule has 1 heterocycles. The van der Waals surface area contributed by atoms with Crippen molar-refractivity contribution < 1.29 is 5.11 Å². The van der Waals surface area contributed by atoms with Crippen LogP contribution in [-0.4, -0.2) is 45.5 Å². The van der Waals surface area contributed by atoms with Crippen molar-refractivity contribution in [2.45, 2.75) is 38.3 Å². The Morgan fingerprint density at radius 2 is 2.12 bits per heavy atom. The first-order chi connectivity index (χ1) is 7.90. The van der Waals surface area contributed by atoms with Crippen LogP contribution in [-0.2, 0) is 6.54 Å². The molecule has 4 nitrogen and oxygen atoms in total. The number of aliphatic hydroxyl groups is 1. The molecule has 0 bridgehead atoms. The summed E-state index contributed by atoms with van der Waals surface area (Å²) in [7, 11) is 0. The van der Waals surface area contributed by atoms with Gasteiger partial charge in [0, 0.05) is 31.5 Å². The summed E-state index contributed by atoms with van der Waals surface area (Å²) in [6, 6.07) is 2.63. The molecule has 0 atom stereocenters. The van der Waals surface area contributed by atoms with Gasteiger partial charge in [-0.3, -0.25) is 9.58 Å². The van der Waals surface area contributed by atoms with E-state index in [4.69, 9.17) is 5.11 Å². The van der Waals surface area contributed by atoms with Crippen molar-refractivity contribution in [2.75, 3.05) is 19.7 Å². The summed E-state index contributed by atoms with van der Waals surface area (Å²) in [5.41, 5.74) is 0. The molecule has 0 unspecified atom stereocenters. The van der Waals surface area contributed by atoms with Crippen LogP contribution >= 0.6 is 0 Å². The lowest BCUT2D eigenvalue weighted by atomic mass is 10.2. The Kier molecular flexibility index (Phi) is 4.36. The SMILES string of the molecule is OCCN(CCn1cccn1)C1CCCC1. The second-order valence-electron chi connectivity index (χ2n) is 4.47. The predicted octanol–water partition coefficient (Wildman–Crippen LogP) is 1.12. The van der Waals surface area contributed by atoms with Gasteiger partial charge in [0.15, 0.2) is 0 Å². The van der Waals surface area contributed by atoms with Gasteiger partial charge in [0.1, 0.15) is 0 Å². The topological polar surface area (TPSA) is 41.3 Å². The van der Waals surface area contributed by atoms with Gasteiger partial charge in [-0.2, -0.15) is 5.10 Å². The quantitative estimate of drug-likeness (QED) is 0.785. The van der Waals surface area contributed by atoms with Gasteiger partial charge in [-0.25, -0.2) is 0 Å². The highest BCUT2D eigenvalue weighted by Crippen LogP contribution is 2.23. The number of hydrogen-bond acceptors (Lipinski definition) is 3. The minimum Gasteiger partial charge on any atom is -0.395 e. The van der Waals surface area contributed by atoms with E-state index in [1.54, 1.807) is 0 Å². The lowest BCUT2D eigenvalue weighted by Gasteiger charge is -2.27. The summed E-state index contributed by atoms with van der Waals surface area (Å²) in [4.78, 5) is 2.41. The van der Waals surface area contributed by atoms with Crippen LogP contribution in [0.5, 0.6) is 0 Å². The van der Waals surface area contributed by atoms with E-state index in [0.29, 0.717) is 6.04 Å². The molecule has 0 radical (unpaired) electrons. The molecule has 0 aromatic carbocycles. The maximum atomic E-state index is 9.09. The Hall–Kier alpha value is -0.870. The average Bonchev–Trinajstić information content (AvgIpc) is 2.96. The minimum atomic E-state index is 0.260. The van der Waals surface area contributed by atoms with Crippen molar-refractivity contribution in [3.05, 3.63) is 18.5 Å². The summed E-state index contributed by atoms with van der Waals surface area (Å²) in [5, 5.41) is 13.3. The van der Waals surface area contributed by atoms with Crippen LogP contribution in [0.2, 0.25) is 0 Å². The van der Waals surface area contributed by atoms with Crippen molar-refractivity contribution in [3.8, 4) is 0 Å². The predicted molar refractivity (Wildman–Crippen MR) is 63.1 cm³/mol. The second kappa shape index (κ2) is 6.01. The van der Waals surface area contributed by atoms with Crippen molar-refractivity contribution in [2.24, 2.45) is 0 Å². The fourth-order valence-corrected chi connectivity index (χ4v) is 2.54. The number of rotatable bonds is 6. The first-order valence-corrected chi connectivity index (χ1v) is 6.22. The van der Waals surface area contributed by atoms with E-state index < -0.39 is 0 Å². The van der Waals surface area contributed by atoms with Crippen molar-refractivity contribution in [1.82, 2.24) is 14.7 Å². The molecule has 1 aliphatic carbocycles. The van der Waals surface area contributed by atoms with Crippen LogP contribution < -0.4 is 0 Å². The van der Waals surface area contributed by atoms with Crippen LogP contribution in [0.15, 0.2) is 18.5 Å². The summed E-state index contributed by atoms with van der Waals surface area (Å²) >= 11 is 0. The summed E-state index contributed by atoms with van der Waals surface area (Å²) in [6.45, 7) is 2.97. The van der Waals surface area contributed by atoms with Gasteiger partial charge < -0.3 is 5.11 Å². The van der Waals surface area contributed by atoms with Gasteiger partial charge in [-0.1, -0.05) is 12.8 Å². The zero-order chi connectivity index (χ0) is 11.2. The molecular weight excluding hydrogens is 202 g/mol. The van der Waals surface area contributed by atoms with Gasteiger partial charge in [0.2, 0.25) is 0 Å². The molecule has 1 aromatic heterocycles. The first-order valence-electron chi connectivity index (χ1n) is 6.22. The third-order valence-electron chi connectivity index (χ3n) is 3.40. The largest absolute Gasteiger partial charge is 0.395 e. The third-order valence-corrected chi connectivity index (χ3v) is 3.40. The molecule has 4 heteroatoms. The molecule has 0 spiro atoms. The Morgan fingerprint density at radius 3 is 2.75 bits per heavy atom. The van der Waals surface area contributed by atoms with Crippen LogP contribution in [0.25, 0.3) is 0 Å². The lowest BCUT2D eigenvalue weighted by Crippen LogP contribution is -2.38. The van der Waals surface area contributed by atoms with Crippen LogP contribution in [0, 0.1) is 0 Å². The molecule has 2 rings (SSSR count). The maximum Gasteiger partial charge on any atom is 0.0558 e. The fourth-order valence-electron chi connectivity index (χ4n) is 2.54. The monoisotopic (exact) mass is 223 g/mol. The third kappa shape index (κ3) is 3.06. The average molecular weight is 223 g/mol. The van der Waals surface area contributed by atoms with E-state index in [0.717, 1.165) is 19.6 Å². The molecule has 16 heavy (non-hydrogen) atoms. The molecule has 1 aliphatic rings. The van der Waals surface area contributed by atoms with Crippen LogP contribution in [0.4, 0.5) is 0 Å². The van der Waals surface area contributed by atoms with Gasteiger partial charge in [0.05, 0.1) is 13.2 Å². The number of aliphatic hydroxyl groups excluding tert-OH is 1. The first kappa shape index (κ1) is 11.6. The van der Waals surface area contributed by atoms with E-state index in [2.05, 4.69) is 10.00 Å². The maximum absolute atomic E-state index is 9.09. The Bertz CT molecular complexity index is 280. The van der Waals surface area contributed by atoms with E-state index >= 15 is 0 Å². The lowest BCUT2D eigenvalue weighted by molar-refractivity contribution is 0.145. The van der Waals surface area contributed by atoms with Gasteiger partial charge in [-0.05, 0) is 18.9 Å². The van der Waals surface area contributed by atoms with Gasteiger partial charge in [0.25, 0.3) is 0 Å². The van der Waals surface area contributed by atoms with E-state index in [9.17, 15) is 0 Å². The van der Waals surface area contributed by atoms with Crippen LogP contribution in [0.1, 0.15) is 25.7 Å². The Labute approximate surface area is 96.9 Å². The standard InChI is InChI=1S/C12H21N3O/c16-11-10-14(12-4-1-2-5-12)8-9-15-7-3-6-13-15/h3,6-7,12,16H,1-2,4-5,8-11H2. The minimum absolute atomic E-state index is 0.260. The molecule has 1 saturated carbocycles. The molecule has 1 N–H and O–H groups in total. The zero-order valence-corrected chi connectivity index (χ0v) is 9.76. The summed E-state index contributed by atoms with van der Waals surface area (Å²) < 4.78 is 1.96. The molecule has 0 amide bonds. The Balaban J connectivity index is 1.82. The normalized spacial score (nSPS) is 17.4. The smallest absolute Gasteiger partial charge is 0.0558 e. The summed E-state index contributed by atoms with van der Waals surface area (Å²) in [5.74, 6) is 0. The van der Waals surface area contributed by atoms with Crippen molar-refractivity contribution in [3.63, 3.8) is 0 Å². The number of aromatic nitrogens is 2. The summed E-state index contributed by atoms with van der Waals surface area (Å²) in [6.07, 6.45) is 9.07. The molecule has 1 fully saturated rings. The highest BCUT2D eigenvalue weighted by Gasteiger charge is 2.21. The van der Waals surface area contributed by atoms with E-state index in [1.807, 2.05) is 23.1 Å². The van der Waals surface area contributed by atoms with E-state index in [1.165, 1.54) is 25.7 Å². The molecule has 90 valence electrons. The second-order valence-corrected chi connectivity index (χ2v) is 4.47. The number of hydrogen-bond donors (Lipinski definition) is 1. The molecule has 1 aromatic rings. The van der Waals surface area contributed by atoms with Crippen molar-refractivity contribution >= 4 is 0 Å². The molecule has 0 aliphatic heterocycles. The number of nitrogens with zero attached hydrogens (tertiary/aromatic N) is 3. The van der Waals surface area contributed by atoms with Crippen LogP contribution in [0.3, 0.4) is 0 Å². The Morgan fingerprint density at radius 1 is 1.31 bits per heavy atom. The highest BCUT2D eigenvalue weighted by molar-refractivity contribution is 4.80.